The van der Waals surface area contributed by atoms with E-state index in [4.69, 9.17) is 12.2 Å². The Morgan fingerprint density at radius 1 is 0.903 bits per heavy atom. The first kappa shape index (κ1) is 20.0. The highest BCUT2D eigenvalue weighted by Gasteiger charge is 2.42. The molecule has 3 heterocycles. The van der Waals surface area contributed by atoms with E-state index in [0.29, 0.717) is 5.11 Å². The zero-order valence-corrected chi connectivity index (χ0v) is 19.3. The second-order valence-electron chi connectivity index (χ2n) is 7.61. The van der Waals surface area contributed by atoms with Crippen molar-refractivity contribution in [1.82, 2.24) is 14.9 Å². The van der Waals surface area contributed by atoms with Gasteiger partial charge >= 0.3 is 0 Å². The van der Waals surface area contributed by atoms with E-state index in [1.807, 2.05) is 18.3 Å². The Balaban J connectivity index is 1.66. The van der Waals surface area contributed by atoms with Crippen LogP contribution in [-0.4, -0.2) is 14.7 Å². The molecule has 0 bridgehead atoms. The second-order valence-corrected chi connectivity index (χ2v) is 8.91. The van der Waals surface area contributed by atoms with Gasteiger partial charge in [-0.3, -0.25) is 4.98 Å². The molecule has 4 nitrogen and oxygen atoms in total. The summed E-state index contributed by atoms with van der Waals surface area (Å²) in [5, 5.41) is 4.24. The average molecular weight is 489 g/mol. The minimum Gasteiger partial charge on any atom is -0.351 e. The van der Waals surface area contributed by atoms with Crippen LogP contribution in [0.3, 0.4) is 0 Å². The zero-order valence-electron chi connectivity index (χ0n) is 16.9. The molecule has 0 saturated carbocycles. The van der Waals surface area contributed by atoms with Gasteiger partial charge in [-0.1, -0.05) is 39.7 Å². The Morgan fingerprint density at radius 2 is 1.65 bits per heavy atom. The minimum atomic E-state index is -0.0703. The lowest BCUT2D eigenvalue weighted by Gasteiger charge is -2.29. The number of rotatable bonds is 4. The summed E-state index contributed by atoms with van der Waals surface area (Å²) in [6.07, 6.45) is 3.93. The SMILES string of the molecule is Cc1ccc(N2C(=S)N[C@@H](c3ccccn3)[C@H]2c2cccn2-c2ccc(Br)cc2)cc1. The van der Waals surface area contributed by atoms with Crippen molar-refractivity contribution in [2.45, 2.75) is 19.0 Å². The van der Waals surface area contributed by atoms with Gasteiger partial charge < -0.3 is 14.8 Å². The molecule has 2 aromatic heterocycles. The van der Waals surface area contributed by atoms with E-state index < -0.39 is 0 Å². The smallest absolute Gasteiger partial charge is 0.174 e. The van der Waals surface area contributed by atoms with Gasteiger partial charge in [0.2, 0.25) is 0 Å². The van der Waals surface area contributed by atoms with Gasteiger partial charge in [-0.15, -0.1) is 0 Å². The van der Waals surface area contributed by atoms with Crippen LogP contribution in [0.5, 0.6) is 0 Å². The lowest BCUT2D eigenvalue weighted by Crippen LogP contribution is -2.30. The molecule has 1 fully saturated rings. The van der Waals surface area contributed by atoms with Crippen LogP contribution in [0.1, 0.15) is 29.0 Å². The highest BCUT2D eigenvalue weighted by molar-refractivity contribution is 9.10. The number of nitrogens with one attached hydrogen (secondary N) is 1. The third-order valence-electron chi connectivity index (χ3n) is 5.60. The maximum absolute atomic E-state index is 5.83. The van der Waals surface area contributed by atoms with Gasteiger partial charge in [0.1, 0.15) is 6.04 Å². The van der Waals surface area contributed by atoms with Crippen LogP contribution >= 0.6 is 28.1 Å². The summed E-state index contributed by atoms with van der Waals surface area (Å²) in [4.78, 5) is 6.85. The maximum atomic E-state index is 5.83. The van der Waals surface area contributed by atoms with Crippen LogP contribution in [0, 0.1) is 6.92 Å². The summed E-state index contributed by atoms with van der Waals surface area (Å²) in [5.74, 6) is 0. The normalized spacial score (nSPS) is 18.3. The Labute approximate surface area is 195 Å². The number of benzene rings is 2. The number of nitrogens with zero attached hydrogens (tertiary/aromatic N) is 3. The third kappa shape index (κ3) is 3.77. The molecule has 5 rings (SSSR count). The first-order valence-electron chi connectivity index (χ1n) is 10.1. The van der Waals surface area contributed by atoms with Gasteiger partial charge in [-0.25, -0.2) is 0 Å². The fourth-order valence-electron chi connectivity index (χ4n) is 4.11. The predicted molar refractivity (Wildman–Crippen MR) is 133 cm³/mol. The van der Waals surface area contributed by atoms with Crippen molar-refractivity contribution in [2.24, 2.45) is 0 Å². The molecule has 6 heteroatoms. The van der Waals surface area contributed by atoms with E-state index in [1.165, 1.54) is 5.56 Å². The summed E-state index contributed by atoms with van der Waals surface area (Å²) in [6.45, 7) is 2.09. The molecule has 2 atom stereocenters. The minimum absolute atomic E-state index is 0.0521. The lowest BCUT2D eigenvalue weighted by atomic mass is 10.0. The van der Waals surface area contributed by atoms with Gasteiger partial charge in [-0.2, -0.15) is 0 Å². The first-order valence-corrected chi connectivity index (χ1v) is 11.3. The van der Waals surface area contributed by atoms with E-state index in [1.54, 1.807) is 0 Å². The number of halogens is 1. The fourth-order valence-corrected chi connectivity index (χ4v) is 4.72. The van der Waals surface area contributed by atoms with Gasteiger partial charge in [0, 0.05) is 33.9 Å². The molecule has 1 N–H and O–H groups in total. The van der Waals surface area contributed by atoms with E-state index in [2.05, 4.69) is 116 Å². The van der Waals surface area contributed by atoms with Gasteiger partial charge in [0.15, 0.2) is 5.11 Å². The Kier molecular flexibility index (Phi) is 5.34. The maximum Gasteiger partial charge on any atom is 0.174 e. The molecule has 1 saturated heterocycles. The van der Waals surface area contributed by atoms with Crippen LogP contribution in [0.4, 0.5) is 5.69 Å². The number of anilines is 1. The van der Waals surface area contributed by atoms with Crippen molar-refractivity contribution < 1.29 is 0 Å². The number of pyridine rings is 1. The quantitative estimate of drug-likeness (QED) is 0.350. The largest absolute Gasteiger partial charge is 0.351 e. The monoisotopic (exact) mass is 488 g/mol. The van der Waals surface area contributed by atoms with Gasteiger partial charge in [0.25, 0.3) is 0 Å². The van der Waals surface area contributed by atoms with Crippen LogP contribution in [0.25, 0.3) is 5.69 Å². The van der Waals surface area contributed by atoms with Crippen molar-refractivity contribution in [2.75, 3.05) is 4.90 Å². The highest BCUT2D eigenvalue weighted by Crippen LogP contribution is 2.42. The van der Waals surface area contributed by atoms with Crippen molar-refractivity contribution in [3.05, 3.63) is 113 Å². The molecule has 0 unspecified atom stereocenters. The van der Waals surface area contributed by atoms with Crippen LogP contribution in [0.15, 0.2) is 95.7 Å². The first-order chi connectivity index (χ1) is 15.1. The van der Waals surface area contributed by atoms with Crippen LogP contribution < -0.4 is 10.2 Å². The Morgan fingerprint density at radius 3 is 2.35 bits per heavy atom. The molecule has 0 amide bonds. The molecule has 31 heavy (non-hydrogen) atoms. The molecule has 4 aromatic rings. The predicted octanol–water partition coefficient (Wildman–Crippen LogP) is 6.12. The van der Waals surface area contributed by atoms with Gasteiger partial charge in [-0.05, 0) is 79.8 Å². The number of thiocarbonyl (C=S) groups is 1. The molecule has 2 aromatic carbocycles. The standard InChI is InChI=1S/C25H21BrN4S/c1-17-7-11-20(12-8-17)30-24(23(28-25(30)31)21-5-2-3-15-27-21)22-6-4-16-29(22)19-13-9-18(26)10-14-19/h2-16,23-24H,1H3,(H,28,31)/t23-,24+/m0/s1. The number of hydrogen-bond acceptors (Lipinski definition) is 2. The summed E-state index contributed by atoms with van der Waals surface area (Å²) in [5.41, 5.74) is 5.50. The summed E-state index contributed by atoms with van der Waals surface area (Å²) in [7, 11) is 0. The summed E-state index contributed by atoms with van der Waals surface area (Å²) in [6, 6.07) is 27.0. The summed E-state index contributed by atoms with van der Waals surface area (Å²) < 4.78 is 3.28. The molecule has 1 aliphatic rings. The van der Waals surface area contributed by atoms with Gasteiger partial charge in [0.05, 0.1) is 11.7 Å². The van der Waals surface area contributed by atoms with Crippen LogP contribution in [-0.2, 0) is 0 Å². The Bertz CT molecular complexity index is 1200. The topological polar surface area (TPSA) is 33.1 Å². The summed E-state index contributed by atoms with van der Waals surface area (Å²) >= 11 is 9.37. The number of hydrogen-bond donors (Lipinski definition) is 1. The fraction of sp³-hybridized carbons (Fsp3) is 0.120. The van der Waals surface area contributed by atoms with Crippen molar-refractivity contribution in [3.63, 3.8) is 0 Å². The number of aromatic nitrogens is 2. The van der Waals surface area contributed by atoms with E-state index in [9.17, 15) is 0 Å². The Hall–Kier alpha value is -2.96. The lowest BCUT2D eigenvalue weighted by molar-refractivity contribution is 0.549. The molecular formula is C25H21BrN4S. The zero-order chi connectivity index (χ0) is 21.4. The van der Waals surface area contributed by atoms with Crippen molar-refractivity contribution in [3.8, 4) is 5.69 Å². The van der Waals surface area contributed by atoms with Crippen molar-refractivity contribution >= 4 is 38.9 Å². The highest BCUT2D eigenvalue weighted by atomic mass is 79.9. The van der Waals surface area contributed by atoms with E-state index >= 15 is 0 Å². The van der Waals surface area contributed by atoms with E-state index in [0.717, 1.165) is 27.2 Å². The number of aryl methyl sites for hydroxylation is 1. The second kappa shape index (κ2) is 8.29. The third-order valence-corrected chi connectivity index (χ3v) is 6.44. The molecular weight excluding hydrogens is 468 g/mol. The molecule has 0 spiro atoms. The van der Waals surface area contributed by atoms with Crippen molar-refractivity contribution in [1.29, 1.82) is 0 Å². The molecule has 0 radical (unpaired) electrons. The molecule has 1 aliphatic heterocycles. The molecule has 0 aliphatic carbocycles. The van der Waals surface area contributed by atoms with E-state index in [-0.39, 0.29) is 12.1 Å². The van der Waals surface area contributed by atoms with Crippen LogP contribution in [0.2, 0.25) is 0 Å². The molecule has 154 valence electrons. The average Bonchev–Trinajstić information content (AvgIpc) is 3.40.